The van der Waals surface area contributed by atoms with Gasteiger partial charge in [-0.3, -0.25) is 4.90 Å². The predicted molar refractivity (Wildman–Crippen MR) is 79.2 cm³/mol. The predicted octanol–water partition coefficient (Wildman–Crippen LogP) is 1.64. The van der Waals surface area contributed by atoms with E-state index in [9.17, 15) is 9.90 Å². The fourth-order valence-corrected chi connectivity index (χ4v) is 3.37. The van der Waals surface area contributed by atoms with Crippen molar-refractivity contribution < 1.29 is 9.90 Å². The molecule has 1 unspecified atom stereocenters. The number of hydrogen-bond donors (Lipinski definition) is 2. The van der Waals surface area contributed by atoms with Crippen molar-refractivity contribution in [2.75, 3.05) is 36.8 Å². The molecule has 1 atom stereocenters. The fourth-order valence-electron chi connectivity index (χ4n) is 3.37. The van der Waals surface area contributed by atoms with Crippen LogP contribution in [0.2, 0.25) is 0 Å². The van der Waals surface area contributed by atoms with Crippen LogP contribution >= 0.6 is 0 Å². The van der Waals surface area contributed by atoms with E-state index in [0.29, 0.717) is 17.3 Å². The number of nitrogens with zero attached hydrogens (tertiary/aromatic N) is 2. The third-order valence-electron chi connectivity index (χ3n) is 4.41. The van der Waals surface area contributed by atoms with Crippen molar-refractivity contribution in [3.05, 3.63) is 23.8 Å². The van der Waals surface area contributed by atoms with Crippen LogP contribution in [0.4, 0.5) is 11.4 Å². The lowest BCUT2D eigenvalue weighted by Gasteiger charge is -2.25. The molecule has 0 aliphatic carbocycles. The standard InChI is InChI=1S/C15H21N3O2/c16-11-3-4-14(13(9-11)15(19)20)18-8-5-12(10-18)17-6-1-2-7-17/h3-4,9,12H,1-2,5-8,10,16H2,(H,19,20). The van der Waals surface area contributed by atoms with Gasteiger partial charge in [0.2, 0.25) is 0 Å². The van der Waals surface area contributed by atoms with Gasteiger partial charge in [-0.2, -0.15) is 0 Å². The Hall–Kier alpha value is -1.75. The van der Waals surface area contributed by atoms with Crippen LogP contribution in [0.1, 0.15) is 29.6 Å². The lowest BCUT2D eigenvalue weighted by atomic mass is 10.1. The van der Waals surface area contributed by atoms with E-state index in [4.69, 9.17) is 5.73 Å². The van der Waals surface area contributed by atoms with Crippen molar-refractivity contribution in [2.24, 2.45) is 0 Å². The Morgan fingerprint density at radius 2 is 2.00 bits per heavy atom. The van der Waals surface area contributed by atoms with Gasteiger partial charge in [-0.25, -0.2) is 4.79 Å². The van der Waals surface area contributed by atoms with E-state index in [1.807, 2.05) is 6.07 Å². The topological polar surface area (TPSA) is 69.8 Å². The molecule has 0 amide bonds. The van der Waals surface area contributed by atoms with Gasteiger partial charge in [0.25, 0.3) is 0 Å². The molecule has 0 spiro atoms. The zero-order valence-corrected chi connectivity index (χ0v) is 11.6. The number of carboxylic acids is 1. The molecule has 2 fully saturated rings. The lowest BCUT2D eigenvalue weighted by Crippen LogP contribution is -2.35. The highest BCUT2D eigenvalue weighted by Crippen LogP contribution is 2.29. The number of rotatable bonds is 3. The second-order valence-corrected chi connectivity index (χ2v) is 5.71. The van der Waals surface area contributed by atoms with Gasteiger partial charge in [0.05, 0.1) is 11.3 Å². The molecule has 5 nitrogen and oxygen atoms in total. The normalized spacial score (nSPS) is 23.4. The monoisotopic (exact) mass is 275 g/mol. The van der Waals surface area contributed by atoms with Gasteiger partial charge < -0.3 is 15.7 Å². The highest BCUT2D eigenvalue weighted by molar-refractivity contribution is 5.95. The third-order valence-corrected chi connectivity index (χ3v) is 4.41. The molecule has 3 N–H and O–H groups in total. The number of nitrogens with two attached hydrogens (primary N) is 1. The SMILES string of the molecule is Nc1ccc(N2CCC(N3CCCC3)C2)c(C(=O)O)c1. The Morgan fingerprint density at radius 3 is 2.70 bits per heavy atom. The van der Waals surface area contributed by atoms with E-state index in [2.05, 4.69) is 9.80 Å². The molecule has 108 valence electrons. The molecule has 0 bridgehead atoms. The van der Waals surface area contributed by atoms with Gasteiger partial charge >= 0.3 is 5.97 Å². The second-order valence-electron chi connectivity index (χ2n) is 5.71. The van der Waals surface area contributed by atoms with E-state index >= 15 is 0 Å². The Kier molecular flexibility index (Phi) is 3.53. The summed E-state index contributed by atoms with van der Waals surface area (Å²) >= 11 is 0. The first-order valence-corrected chi connectivity index (χ1v) is 7.27. The van der Waals surface area contributed by atoms with Crippen molar-refractivity contribution >= 4 is 17.3 Å². The summed E-state index contributed by atoms with van der Waals surface area (Å²) in [5.41, 5.74) is 7.31. The number of aromatic carboxylic acids is 1. The van der Waals surface area contributed by atoms with Gasteiger partial charge in [-0.15, -0.1) is 0 Å². The number of anilines is 2. The first kappa shape index (κ1) is 13.2. The van der Waals surface area contributed by atoms with Crippen molar-refractivity contribution in [1.29, 1.82) is 0 Å². The molecule has 2 heterocycles. The molecule has 20 heavy (non-hydrogen) atoms. The first-order valence-electron chi connectivity index (χ1n) is 7.27. The zero-order valence-electron chi connectivity index (χ0n) is 11.6. The van der Waals surface area contributed by atoms with E-state index in [-0.39, 0.29) is 0 Å². The van der Waals surface area contributed by atoms with Crippen LogP contribution in [-0.4, -0.2) is 48.2 Å². The van der Waals surface area contributed by atoms with Crippen molar-refractivity contribution in [3.63, 3.8) is 0 Å². The number of carbonyl (C=O) groups is 1. The molecule has 0 radical (unpaired) electrons. The number of nitrogen functional groups attached to an aromatic ring is 1. The van der Waals surface area contributed by atoms with Crippen LogP contribution in [0.5, 0.6) is 0 Å². The number of carboxylic acid groups (broad SMARTS) is 1. The van der Waals surface area contributed by atoms with Crippen LogP contribution in [0.25, 0.3) is 0 Å². The fraction of sp³-hybridized carbons (Fsp3) is 0.533. The van der Waals surface area contributed by atoms with Gasteiger partial charge in [0.15, 0.2) is 0 Å². The molecule has 0 saturated carbocycles. The molecule has 3 rings (SSSR count). The summed E-state index contributed by atoms with van der Waals surface area (Å²) in [4.78, 5) is 16.1. The molecular formula is C15H21N3O2. The zero-order chi connectivity index (χ0) is 14.1. The minimum Gasteiger partial charge on any atom is -0.478 e. The van der Waals surface area contributed by atoms with Gasteiger partial charge in [0, 0.05) is 24.8 Å². The second kappa shape index (κ2) is 5.32. The first-order chi connectivity index (χ1) is 9.65. The van der Waals surface area contributed by atoms with Crippen molar-refractivity contribution in [1.82, 2.24) is 4.90 Å². The van der Waals surface area contributed by atoms with E-state index < -0.39 is 5.97 Å². The smallest absolute Gasteiger partial charge is 0.337 e. The summed E-state index contributed by atoms with van der Waals surface area (Å²) in [6.07, 6.45) is 3.70. The maximum atomic E-state index is 11.4. The van der Waals surface area contributed by atoms with Crippen molar-refractivity contribution in [2.45, 2.75) is 25.3 Å². The Bertz CT molecular complexity index is 512. The third kappa shape index (κ3) is 2.45. The summed E-state index contributed by atoms with van der Waals surface area (Å²) in [7, 11) is 0. The maximum absolute atomic E-state index is 11.4. The number of likely N-dealkylation sites (tertiary alicyclic amines) is 1. The largest absolute Gasteiger partial charge is 0.478 e. The summed E-state index contributed by atoms with van der Waals surface area (Å²) in [6.45, 7) is 4.22. The van der Waals surface area contributed by atoms with E-state index in [1.54, 1.807) is 12.1 Å². The average Bonchev–Trinajstić information content (AvgIpc) is 3.09. The summed E-state index contributed by atoms with van der Waals surface area (Å²) in [5.74, 6) is -0.906. The van der Waals surface area contributed by atoms with Crippen LogP contribution in [-0.2, 0) is 0 Å². The average molecular weight is 275 g/mol. The van der Waals surface area contributed by atoms with Crippen LogP contribution in [0.15, 0.2) is 18.2 Å². The van der Waals surface area contributed by atoms with Crippen LogP contribution in [0.3, 0.4) is 0 Å². The summed E-state index contributed by atoms with van der Waals surface area (Å²) < 4.78 is 0. The Balaban J connectivity index is 1.78. The highest BCUT2D eigenvalue weighted by Gasteiger charge is 2.30. The molecule has 2 aliphatic rings. The van der Waals surface area contributed by atoms with Gasteiger partial charge in [-0.05, 0) is 50.6 Å². The number of benzene rings is 1. The quantitative estimate of drug-likeness (QED) is 0.821. The van der Waals surface area contributed by atoms with Gasteiger partial charge in [0.1, 0.15) is 0 Å². The molecule has 1 aromatic rings. The summed E-state index contributed by atoms with van der Waals surface area (Å²) in [5, 5.41) is 9.34. The van der Waals surface area contributed by atoms with E-state index in [1.165, 1.54) is 25.9 Å². The molecule has 1 aromatic carbocycles. The highest BCUT2D eigenvalue weighted by atomic mass is 16.4. The molecule has 2 aliphatic heterocycles. The Morgan fingerprint density at radius 1 is 1.25 bits per heavy atom. The number of hydrogen-bond acceptors (Lipinski definition) is 4. The minimum absolute atomic E-state index is 0.312. The van der Waals surface area contributed by atoms with Crippen LogP contribution < -0.4 is 10.6 Å². The molecule has 5 heteroatoms. The summed E-state index contributed by atoms with van der Waals surface area (Å²) in [6, 6.07) is 5.74. The molecule has 0 aromatic heterocycles. The van der Waals surface area contributed by atoms with Gasteiger partial charge in [-0.1, -0.05) is 0 Å². The minimum atomic E-state index is -0.906. The van der Waals surface area contributed by atoms with Crippen molar-refractivity contribution in [3.8, 4) is 0 Å². The van der Waals surface area contributed by atoms with E-state index in [0.717, 1.165) is 25.2 Å². The lowest BCUT2D eigenvalue weighted by molar-refractivity contribution is 0.0697. The molecular weight excluding hydrogens is 254 g/mol. The molecule has 2 saturated heterocycles. The Labute approximate surface area is 119 Å². The van der Waals surface area contributed by atoms with Crippen LogP contribution in [0, 0.1) is 0 Å². The maximum Gasteiger partial charge on any atom is 0.337 e.